The van der Waals surface area contributed by atoms with Crippen LogP contribution in [0.2, 0.25) is 0 Å². The van der Waals surface area contributed by atoms with E-state index >= 15 is 0 Å². The quantitative estimate of drug-likeness (QED) is 0.830. The number of hydrogen-bond acceptors (Lipinski definition) is 2. The molecule has 0 saturated heterocycles. The van der Waals surface area contributed by atoms with E-state index in [1.807, 2.05) is 0 Å². The number of halogens is 1. The normalized spacial score (nSPS) is 34.2. The van der Waals surface area contributed by atoms with Crippen LogP contribution in [0.15, 0.2) is 0 Å². The van der Waals surface area contributed by atoms with Crippen molar-refractivity contribution in [3.63, 3.8) is 0 Å². The molecule has 0 aromatic heterocycles. The molecule has 0 aromatic rings. The van der Waals surface area contributed by atoms with Crippen molar-refractivity contribution in [2.45, 2.75) is 52.5 Å². The van der Waals surface area contributed by atoms with Crippen molar-refractivity contribution in [3.8, 4) is 0 Å². The van der Waals surface area contributed by atoms with E-state index in [-0.39, 0.29) is 35.7 Å². The summed E-state index contributed by atoms with van der Waals surface area (Å²) in [6.45, 7) is 7.37. The molecule has 2 fully saturated rings. The summed E-state index contributed by atoms with van der Waals surface area (Å²) in [5.74, 6) is 1.46. The molecule has 2 saturated carbocycles. The summed E-state index contributed by atoms with van der Waals surface area (Å²) in [7, 11) is 0. The summed E-state index contributed by atoms with van der Waals surface area (Å²) in [4.78, 5) is 12.1. The lowest BCUT2D eigenvalue weighted by Crippen LogP contribution is -2.45. The summed E-state index contributed by atoms with van der Waals surface area (Å²) in [6.07, 6.45) is 4.64. The maximum Gasteiger partial charge on any atom is 0.224 e. The molecule has 106 valence electrons. The number of carbonyl (C=O) groups excluding carboxylic acids is 1. The van der Waals surface area contributed by atoms with Gasteiger partial charge in [-0.1, -0.05) is 20.8 Å². The van der Waals surface area contributed by atoms with Gasteiger partial charge in [0.15, 0.2) is 0 Å². The molecular weight excluding hydrogens is 248 g/mol. The van der Waals surface area contributed by atoms with E-state index < -0.39 is 0 Å². The molecule has 0 aromatic carbocycles. The SMILES string of the molecule is CC(C)(C)CCNC(=O)C1C2CCC(C2)C1N.Cl. The van der Waals surface area contributed by atoms with Gasteiger partial charge >= 0.3 is 0 Å². The van der Waals surface area contributed by atoms with E-state index in [1.54, 1.807) is 0 Å². The van der Waals surface area contributed by atoms with Gasteiger partial charge in [0, 0.05) is 12.6 Å². The Kier molecular flexibility index (Phi) is 5.07. The van der Waals surface area contributed by atoms with E-state index in [2.05, 4.69) is 26.1 Å². The molecule has 18 heavy (non-hydrogen) atoms. The lowest BCUT2D eigenvalue weighted by Gasteiger charge is -2.27. The zero-order valence-electron chi connectivity index (χ0n) is 11.7. The van der Waals surface area contributed by atoms with E-state index in [4.69, 9.17) is 5.73 Å². The van der Waals surface area contributed by atoms with Gasteiger partial charge in [-0.05, 0) is 42.9 Å². The first-order valence-electron chi connectivity index (χ1n) is 6.92. The highest BCUT2D eigenvalue weighted by atomic mass is 35.5. The third-order valence-electron chi connectivity index (χ3n) is 4.46. The van der Waals surface area contributed by atoms with Gasteiger partial charge in [-0.15, -0.1) is 12.4 Å². The third kappa shape index (κ3) is 3.39. The van der Waals surface area contributed by atoms with Crippen molar-refractivity contribution in [1.82, 2.24) is 5.32 Å². The fraction of sp³-hybridized carbons (Fsp3) is 0.929. The van der Waals surface area contributed by atoms with Gasteiger partial charge in [-0.25, -0.2) is 0 Å². The van der Waals surface area contributed by atoms with E-state index in [9.17, 15) is 4.79 Å². The molecule has 4 unspecified atom stereocenters. The van der Waals surface area contributed by atoms with Gasteiger partial charge in [0.1, 0.15) is 0 Å². The highest BCUT2D eigenvalue weighted by Gasteiger charge is 2.48. The van der Waals surface area contributed by atoms with Gasteiger partial charge in [-0.3, -0.25) is 4.79 Å². The second kappa shape index (κ2) is 5.79. The Hall–Kier alpha value is -0.280. The summed E-state index contributed by atoms with van der Waals surface area (Å²) in [5, 5.41) is 3.08. The number of carbonyl (C=O) groups is 1. The number of fused-ring (bicyclic) bond motifs is 2. The zero-order valence-corrected chi connectivity index (χ0v) is 12.6. The Morgan fingerprint density at radius 2 is 1.89 bits per heavy atom. The van der Waals surface area contributed by atoms with Gasteiger partial charge < -0.3 is 11.1 Å². The van der Waals surface area contributed by atoms with Crippen LogP contribution in [-0.4, -0.2) is 18.5 Å². The van der Waals surface area contributed by atoms with Crippen LogP contribution in [0.1, 0.15) is 46.5 Å². The van der Waals surface area contributed by atoms with Crippen LogP contribution in [0.5, 0.6) is 0 Å². The molecule has 0 spiro atoms. The Bertz CT molecular complexity index is 299. The summed E-state index contributed by atoms with van der Waals surface area (Å²) in [5.41, 5.74) is 6.44. The van der Waals surface area contributed by atoms with Crippen LogP contribution in [0, 0.1) is 23.2 Å². The van der Waals surface area contributed by atoms with E-state index in [0.717, 1.165) is 13.0 Å². The highest BCUT2D eigenvalue weighted by molar-refractivity contribution is 5.85. The third-order valence-corrected chi connectivity index (χ3v) is 4.46. The van der Waals surface area contributed by atoms with Crippen LogP contribution in [-0.2, 0) is 4.79 Å². The molecule has 2 aliphatic carbocycles. The first-order chi connectivity index (χ1) is 7.88. The van der Waals surface area contributed by atoms with E-state index in [1.165, 1.54) is 19.3 Å². The minimum Gasteiger partial charge on any atom is -0.356 e. The Labute approximate surface area is 117 Å². The Morgan fingerprint density at radius 3 is 2.39 bits per heavy atom. The molecular formula is C14H27ClN2O. The first kappa shape index (κ1) is 15.8. The molecule has 4 heteroatoms. The van der Waals surface area contributed by atoms with Crippen molar-refractivity contribution in [3.05, 3.63) is 0 Å². The lowest BCUT2D eigenvalue weighted by molar-refractivity contribution is -0.127. The monoisotopic (exact) mass is 274 g/mol. The summed E-state index contributed by atoms with van der Waals surface area (Å²) < 4.78 is 0. The van der Waals surface area contributed by atoms with Crippen molar-refractivity contribution in [2.75, 3.05) is 6.54 Å². The number of nitrogens with two attached hydrogens (primary N) is 1. The molecule has 1 amide bonds. The van der Waals surface area contributed by atoms with Crippen LogP contribution in [0.25, 0.3) is 0 Å². The van der Waals surface area contributed by atoms with Crippen LogP contribution in [0.3, 0.4) is 0 Å². The van der Waals surface area contributed by atoms with Crippen LogP contribution in [0.4, 0.5) is 0 Å². The smallest absolute Gasteiger partial charge is 0.224 e. The number of amides is 1. The second-order valence-corrected chi connectivity index (χ2v) is 7.04. The number of hydrogen-bond donors (Lipinski definition) is 2. The molecule has 2 aliphatic rings. The predicted molar refractivity (Wildman–Crippen MR) is 76.6 cm³/mol. The van der Waals surface area contributed by atoms with Crippen molar-refractivity contribution in [2.24, 2.45) is 28.9 Å². The van der Waals surface area contributed by atoms with Gasteiger partial charge in [0.2, 0.25) is 5.91 Å². The summed E-state index contributed by atoms with van der Waals surface area (Å²) >= 11 is 0. The number of nitrogens with one attached hydrogen (secondary N) is 1. The zero-order chi connectivity index (χ0) is 12.6. The van der Waals surface area contributed by atoms with E-state index in [0.29, 0.717) is 11.8 Å². The molecule has 0 aliphatic heterocycles. The second-order valence-electron chi connectivity index (χ2n) is 7.04. The molecule has 2 bridgehead atoms. The molecule has 2 rings (SSSR count). The Morgan fingerprint density at radius 1 is 1.28 bits per heavy atom. The molecule has 3 N–H and O–H groups in total. The van der Waals surface area contributed by atoms with Gasteiger partial charge in [0.05, 0.1) is 5.92 Å². The van der Waals surface area contributed by atoms with Crippen LogP contribution < -0.4 is 11.1 Å². The topological polar surface area (TPSA) is 55.1 Å². The fourth-order valence-electron chi connectivity index (χ4n) is 3.40. The lowest BCUT2D eigenvalue weighted by atomic mass is 9.84. The Balaban J connectivity index is 0.00000162. The largest absolute Gasteiger partial charge is 0.356 e. The fourth-order valence-corrected chi connectivity index (χ4v) is 3.40. The first-order valence-corrected chi connectivity index (χ1v) is 6.92. The highest BCUT2D eigenvalue weighted by Crippen LogP contribution is 2.47. The predicted octanol–water partition coefficient (Wildman–Crippen LogP) is 2.33. The number of rotatable bonds is 3. The molecule has 3 nitrogen and oxygen atoms in total. The van der Waals surface area contributed by atoms with Crippen molar-refractivity contribution >= 4 is 18.3 Å². The average molecular weight is 275 g/mol. The minimum atomic E-state index is 0. The maximum atomic E-state index is 12.1. The molecule has 4 atom stereocenters. The minimum absolute atomic E-state index is 0. The standard InChI is InChI=1S/C14H26N2O.ClH/c1-14(2,3)6-7-16-13(17)11-9-4-5-10(8-9)12(11)15;/h9-12H,4-8,15H2,1-3H3,(H,16,17);1H. The molecule has 0 radical (unpaired) electrons. The van der Waals surface area contributed by atoms with Crippen molar-refractivity contribution in [1.29, 1.82) is 0 Å². The molecule has 0 heterocycles. The maximum absolute atomic E-state index is 12.1. The average Bonchev–Trinajstić information content (AvgIpc) is 2.75. The van der Waals surface area contributed by atoms with Gasteiger partial charge in [-0.2, -0.15) is 0 Å². The van der Waals surface area contributed by atoms with Crippen molar-refractivity contribution < 1.29 is 4.79 Å². The summed E-state index contributed by atoms with van der Waals surface area (Å²) in [6, 6.07) is 0.114. The van der Waals surface area contributed by atoms with Gasteiger partial charge in [0.25, 0.3) is 0 Å². The van der Waals surface area contributed by atoms with Crippen LogP contribution >= 0.6 is 12.4 Å².